The van der Waals surface area contributed by atoms with Crippen molar-refractivity contribution in [1.29, 1.82) is 0 Å². The van der Waals surface area contributed by atoms with Crippen molar-refractivity contribution in [2.45, 2.75) is 44.9 Å². The molecule has 0 aromatic carbocycles. The van der Waals surface area contributed by atoms with E-state index in [2.05, 4.69) is 6.58 Å². The van der Waals surface area contributed by atoms with Crippen LogP contribution in [-0.2, 0) is 19.2 Å². The molecular formula is C16H21NO5. The summed E-state index contributed by atoms with van der Waals surface area (Å²) in [5.74, 6) is 0.612. The van der Waals surface area contributed by atoms with Crippen molar-refractivity contribution in [3.8, 4) is 0 Å². The number of nitrogens with zero attached hydrogens (tertiary/aromatic N) is 1. The van der Waals surface area contributed by atoms with Gasteiger partial charge >= 0.3 is 6.16 Å². The van der Waals surface area contributed by atoms with E-state index in [-0.39, 0.29) is 12.8 Å². The number of carbonyl (C=O) groups is 3. The first-order valence-electron chi connectivity index (χ1n) is 7.93. The zero-order chi connectivity index (χ0) is 15.7. The molecule has 2 aliphatic carbocycles. The predicted molar refractivity (Wildman–Crippen MR) is 76.2 cm³/mol. The minimum Gasteiger partial charge on any atom is -0.432 e. The lowest BCUT2D eigenvalue weighted by atomic mass is 9.98. The van der Waals surface area contributed by atoms with Crippen LogP contribution in [0.25, 0.3) is 0 Å². The topological polar surface area (TPSA) is 72.9 Å². The maximum Gasteiger partial charge on any atom is 0.533 e. The Bertz CT molecular complexity index is 499. The van der Waals surface area contributed by atoms with E-state index in [9.17, 15) is 14.4 Å². The molecule has 1 aliphatic heterocycles. The zero-order valence-electron chi connectivity index (χ0n) is 12.6. The molecule has 120 valence electrons. The van der Waals surface area contributed by atoms with Crippen LogP contribution in [-0.4, -0.2) is 29.6 Å². The monoisotopic (exact) mass is 307 g/mol. The average Bonchev–Trinajstić information content (AvgIpc) is 3.03. The van der Waals surface area contributed by atoms with Gasteiger partial charge in [-0.3, -0.25) is 14.4 Å². The molecule has 3 aliphatic rings. The number of ether oxygens (including phenoxy) is 1. The number of amides is 2. The fourth-order valence-corrected chi connectivity index (χ4v) is 3.63. The molecule has 3 atom stereocenters. The molecule has 0 spiro atoms. The Morgan fingerprint density at radius 3 is 2.50 bits per heavy atom. The van der Waals surface area contributed by atoms with Gasteiger partial charge in [0.25, 0.3) is 11.8 Å². The highest BCUT2D eigenvalue weighted by molar-refractivity contribution is 6.01. The fourth-order valence-electron chi connectivity index (χ4n) is 3.63. The van der Waals surface area contributed by atoms with E-state index in [1.54, 1.807) is 0 Å². The van der Waals surface area contributed by atoms with E-state index in [4.69, 9.17) is 9.57 Å². The Labute approximate surface area is 129 Å². The van der Waals surface area contributed by atoms with Crippen molar-refractivity contribution in [2.24, 2.45) is 17.8 Å². The lowest BCUT2D eigenvalue weighted by Gasteiger charge is -2.12. The van der Waals surface area contributed by atoms with E-state index in [0.717, 1.165) is 32.1 Å². The molecule has 6 heteroatoms. The maximum absolute atomic E-state index is 11.6. The second-order valence-corrected chi connectivity index (χ2v) is 6.41. The van der Waals surface area contributed by atoms with Crippen molar-refractivity contribution < 1.29 is 24.0 Å². The number of allylic oxidation sites excluding steroid dienone is 1. The molecule has 2 amide bonds. The van der Waals surface area contributed by atoms with Gasteiger partial charge in [-0.05, 0) is 49.9 Å². The number of imide groups is 1. The number of hydrogen-bond acceptors (Lipinski definition) is 5. The minimum absolute atomic E-state index is 0.0861. The highest BCUT2D eigenvalue weighted by Gasteiger charge is 2.49. The quantitative estimate of drug-likeness (QED) is 0.455. The minimum atomic E-state index is -0.965. The van der Waals surface area contributed by atoms with Gasteiger partial charge in [0.1, 0.15) is 0 Å². The van der Waals surface area contributed by atoms with Crippen molar-refractivity contribution in [1.82, 2.24) is 5.06 Å². The van der Waals surface area contributed by atoms with Gasteiger partial charge in [0, 0.05) is 12.8 Å². The normalized spacial score (nSPS) is 31.4. The van der Waals surface area contributed by atoms with Crippen molar-refractivity contribution in [3.05, 3.63) is 12.2 Å². The first-order chi connectivity index (χ1) is 10.6. The van der Waals surface area contributed by atoms with Crippen LogP contribution >= 0.6 is 0 Å². The van der Waals surface area contributed by atoms with Gasteiger partial charge in [-0.25, -0.2) is 4.79 Å². The van der Waals surface area contributed by atoms with Gasteiger partial charge < -0.3 is 4.74 Å². The zero-order valence-corrected chi connectivity index (χ0v) is 12.6. The van der Waals surface area contributed by atoms with Crippen LogP contribution in [0.1, 0.15) is 44.9 Å². The summed E-state index contributed by atoms with van der Waals surface area (Å²) in [7, 11) is 0. The Kier molecular flexibility index (Phi) is 4.18. The summed E-state index contributed by atoms with van der Waals surface area (Å²) in [4.78, 5) is 39.0. The molecule has 0 bridgehead atoms. The molecule has 2 saturated carbocycles. The summed E-state index contributed by atoms with van der Waals surface area (Å²) in [6, 6.07) is 0. The van der Waals surface area contributed by atoms with Crippen molar-refractivity contribution in [2.75, 3.05) is 6.61 Å². The molecule has 3 rings (SSSR count). The first kappa shape index (κ1) is 15.1. The number of hydrogen-bond donors (Lipinski definition) is 0. The van der Waals surface area contributed by atoms with Gasteiger partial charge in [-0.1, -0.05) is 17.2 Å². The smallest absolute Gasteiger partial charge is 0.432 e. The molecular weight excluding hydrogens is 286 g/mol. The summed E-state index contributed by atoms with van der Waals surface area (Å²) >= 11 is 0. The van der Waals surface area contributed by atoms with E-state index in [0.29, 0.717) is 29.4 Å². The van der Waals surface area contributed by atoms with E-state index >= 15 is 0 Å². The number of carbonyl (C=O) groups excluding carboxylic acids is 3. The molecule has 0 unspecified atom stereocenters. The Hall–Kier alpha value is -1.85. The van der Waals surface area contributed by atoms with Gasteiger partial charge in [0.05, 0.1) is 6.61 Å². The Balaban J connectivity index is 1.43. The SMILES string of the molecule is C=C1CCC[C@H]2[C@@H](CC1)[C@H]2COC(=O)ON1C(=O)CCC1=O. The Morgan fingerprint density at radius 2 is 1.77 bits per heavy atom. The standard InChI is InChI=1S/C16H21NO5/c1-10-3-2-4-11-12(6-5-10)13(11)9-21-16(20)22-17-14(18)7-8-15(17)19/h11-13H,1-9H2/t11-,12+,13-/m0/s1. The molecule has 3 fully saturated rings. The summed E-state index contributed by atoms with van der Waals surface area (Å²) in [5, 5.41) is 0.516. The van der Waals surface area contributed by atoms with Crippen LogP contribution < -0.4 is 0 Å². The second-order valence-electron chi connectivity index (χ2n) is 6.41. The van der Waals surface area contributed by atoms with Gasteiger partial charge in [0.2, 0.25) is 0 Å². The molecule has 0 radical (unpaired) electrons. The van der Waals surface area contributed by atoms with Crippen molar-refractivity contribution >= 4 is 18.0 Å². The van der Waals surface area contributed by atoms with Crippen LogP contribution in [0.5, 0.6) is 0 Å². The number of rotatable bonds is 3. The summed E-state index contributed by atoms with van der Waals surface area (Å²) < 4.78 is 5.10. The van der Waals surface area contributed by atoms with Crippen molar-refractivity contribution in [3.63, 3.8) is 0 Å². The molecule has 0 aromatic rings. The molecule has 22 heavy (non-hydrogen) atoms. The third kappa shape index (κ3) is 3.15. The third-order valence-electron chi connectivity index (χ3n) is 4.97. The molecule has 1 saturated heterocycles. The fraction of sp³-hybridized carbons (Fsp3) is 0.688. The lowest BCUT2D eigenvalue weighted by Crippen LogP contribution is -2.32. The summed E-state index contributed by atoms with van der Waals surface area (Å²) in [6.45, 7) is 4.37. The van der Waals surface area contributed by atoms with Gasteiger partial charge in [-0.15, -0.1) is 0 Å². The Morgan fingerprint density at radius 1 is 1.09 bits per heavy atom. The largest absolute Gasteiger partial charge is 0.533 e. The van der Waals surface area contributed by atoms with Gasteiger partial charge in [-0.2, -0.15) is 0 Å². The lowest BCUT2D eigenvalue weighted by molar-refractivity contribution is -0.177. The molecule has 0 N–H and O–H groups in total. The van der Waals surface area contributed by atoms with Crippen LogP contribution in [0.3, 0.4) is 0 Å². The van der Waals surface area contributed by atoms with E-state index in [1.807, 2.05) is 0 Å². The van der Waals surface area contributed by atoms with Crippen LogP contribution in [0, 0.1) is 17.8 Å². The third-order valence-corrected chi connectivity index (χ3v) is 4.97. The molecule has 6 nitrogen and oxygen atoms in total. The van der Waals surface area contributed by atoms with Crippen LogP contribution in [0.4, 0.5) is 4.79 Å². The van der Waals surface area contributed by atoms with Crippen LogP contribution in [0.15, 0.2) is 12.2 Å². The maximum atomic E-state index is 11.6. The second kappa shape index (κ2) is 6.10. The highest BCUT2D eigenvalue weighted by atomic mass is 16.8. The highest BCUT2D eigenvalue weighted by Crippen LogP contribution is 2.53. The number of hydroxylamine groups is 2. The molecule has 0 aromatic heterocycles. The predicted octanol–water partition coefficient (Wildman–Crippen LogP) is 2.59. The average molecular weight is 307 g/mol. The summed E-state index contributed by atoms with van der Waals surface area (Å²) in [5.41, 5.74) is 1.32. The summed E-state index contributed by atoms with van der Waals surface area (Å²) in [6.07, 6.45) is 4.76. The molecule has 1 heterocycles. The first-order valence-corrected chi connectivity index (χ1v) is 7.93. The number of fused-ring (bicyclic) bond motifs is 1. The van der Waals surface area contributed by atoms with Gasteiger partial charge in [0.15, 0.2) is 0 Å². The van der Waals surface area contributed by atoms with Crippen LogP contribution in [0.2, 0.25) is 0 Å². The van der Waals surface area contributed by atoms with E-state index < -0.39 is 18.0 Å². The van der Waals surface area contributed by atoms with E-state index in [1.165, 1.54) is 5.57 Å².